The van der Waals surface area contributed by atoms with Crippen molar-refractivity contribution in [3.63, 3.8) is 0 Å². The lowest BCUT2D eigenvalue weighted by Crippen LogP contribution is -2.67. The second-order valence-corrected chi connectivity index (χ2v) is 15.1. The molecule has 30 heavy (non-hydrogen) atoms. The van der Waals surface area contributed by atoms with E-state index >= 15 is 0 Å². The summed E-state index contributed by atoms with van der Waals surface area (Å²) in [6, 6.07) is 0. The number of hydrogen-bond donors (Lipinski definition) is 0. The summed E-state index contributed by atoms with van der Waals surface area (Å²) in [5.41, 5.74) is 0.588. The molecular weight excluding hydrogens is 410 g/mol. The molecule has 0 N–H and O–H groups in total. The molecule has 0 aromatic heterocycles. The maximum absolute atomic E-state index is 6.54. The molecule has 182 valence electrons. The van der Waals surface area contributed by atoms with E-state index in [2.05, 4.69) is 66.5 Å². The number of hydrogen-bond acceptors (Lipinski definition) is 5. The van der Waals surface area contributed by atoms with E-state index in [1.165, 1.54) is 0 Å². The molecule has 0 aliphatic carbocycles. The van der Waals surface area contributed by atoms with Crippen LogP contribution in [0.15, 0.2) is 0 Å². The van der Waals surface area contributed by atoms with Crippen molar-refractivity contribution in [3.8, 4) is 0 Å². The third-order valence-corrected chi connectivity index (χ3v) is 12.6. The van der Waals surface area contributed by atoms with Gasteiger partial charge >= 0.3 is 17.1 Å². The van der Waals surface area contributed by atoms with E-state index in [0.717, 1.165) is 77.9 Å². The Labute approximate surface area is 190 Å². The lowest BCUT2D eigenvalue weighted by atomic mass is 10.3. The minimum absolute atomic E-state index is 0.294. The molecule has 0 heterocycles. The van der Waals surface area contributed by atoms with Gasteiger partial charge in [-0.25, -0.2) is 0 Å². The molecule has 0 fully saturated rings. The van der Waals surface area contributed by atoms with Crippen LogP contribution in [0.3, 0.4) is 0 Å². The highest BCUT2D eigenvalue weighted by atomic mass is 28.4. The zero-order valence-electron chi connectivity index (χ0n) is 21.7. The maximum atomic E-state index is 6.54. The highest BCUT2D eigenvalue weighted by molar-refractivity contribution is 6.69. The SMILES string of the molecule is CCCO[Si](C)(OCCC)C(CC)N(CCC)C(CC)[Si](C)(OCCC)OCCC. The molecule has 0 saturated carbocycles. The fourth-order valence-electron chi connectivity index (χ4n) is 4.29. The molecule has 0 aromatic carbocycles. The smallest absolute Gasteiger partial charge is 0.352 e. The van der Waals surface area contributed by atoms with Crippen molar-refractivity contribution in [2.24, 2.45) is 0 Å². The summed E-state index contributed by atoms with van der Waals surface area (Å²) < 4.78 is 26.2. The van der Waals surface area contributed by atoms with Gasteiger partial charge in [0.15, 0.2) is 0 Å². The Morgan fingerprint density at radius 3 is 1.03 bits per heavy atom. The first kappa shape index (κ1) is 30.2. The van der Waals surface area contributed by atoms with E-state index in [4.69, 9.17) is 17.7 Å². The predicted octanol–water partition coefficient (Wildman–Crippen LogP) is 6.18. The minimum atomic E-state index is -2.40. The zero-order valence-corrected chi connectivity index (χ0v) is 23.7. The van der Waals surface area contributed by atoms with Crippen molar-refractivity contribution in [1.29, 1.82) is 0 Å². The average Bonchev–Trinajstić information content (AvgIpc) is 2.74. The van der Waals surface area contributed by atoms with Crippen molar-refractivity contribution in [2.75, 3.05) is 33.0 Å². The number of nitrogens with zero attached hydrogens (tertiary/aromatic N) is 1. The minimum Gasteiger partial charge on any atom is -0.393 e. The van der Waals surface area contributed by atoms with E-state index < -0.39 is 17.1 Å². The summed E-state index contributed by atoms with van der Waals surface area (Å²) in [5.74, 6) is 0. The summed E-state index contributed by atoms with van der Waals surface area (Å²) in [7, 11) is -4.81. The van der Waals surface area contributed by atoms with Gasteiger partial charge < -0.3 is 17.7 Å². The molecule has 2 atom stereocenters. The Morgan fingerprint density at radius 1 is 0.533 bits per heavy atom. The van der Waals surface area contributed by atoms with Gasteiger partial charge in [-0.2, -0.15) is 0 Å². The van der Waals surface area contributed by atoms with E-state index in [1.807, 2.05) is 0 Å². The molecule has 0 aliphatic rings. The molecule has 0 bridgehead atoms. The topological polar surface area (TPSA) is 40.2 Å². The summed E-state index contributed by atoms with van der Waals surface area (Å²) in [6.07, 6.45) is 7.23. The van der Waals surface area contributed by atoms with Crippen LogP contribution in [0.4, 0.5) is 0 Å². The van der Waals surface area contributed by atoms with E-state index in [-0.39, 0.29) is 0 Å². The summed E-state index contributed by atoms with van der Waals surface area (Å²) in [4.78, 5) is 2.68. The van der Waals surface area contributed by atoms with Gasteiger partial charge in [0.05, 0.1) is 11.3 Å². The van der Waals surface area contributed by atoms with Crippen molar-refractivity contribution in [2.45, 2.75) is 118 Å². The predicted molar refractivity (Wildman–Crippen MR) is 133 cm³/mol. The van der Waals surface area contributed by atoms with E-state index in [1.54, 1.807) is 0 Å². The molecule has 0 radical (unpaired) electrons. The normalized spacial score (nSPS) is 15.0. The van der Waals surface area contributed by atoms with Crippen molar-refractivity contribution < 1.29 is 17.7 Å². The fourth-order valence-corrected chi connectivity index (χ4v) is 11.1. The fraction of sp³-hybridized carbons (Fsp3) is 1.00. The van der Waals surface area contributed by atoms with E-state index in [0.29, 0.717) is 11.3 Å². The number of rotatable bonds is 20. The molecule has 2 unspecified atom stereocenters. The molecule has 0 aromatic rings. The second kappa shape index (κ2) is 16.8. The first-order valence-electron chi connectivity index (χ1n) is 12.6. The second-order valence-electron chi connectivity index (χ2n) is 8.51. The Morgan fingerprint density at radius 2 is 0.833 bits per heavy atom. The lowest BCUT2D eigenvalue weighted by molar-refractivity contribution is 0.0813. The van der Waals surface area contributed by atoms with Crippen molar-refractivity contribution in [1.82, 2.24) is 4.90 Å². The van der Waals surface area contributed by atoms with Gasteiger partial charge in [0, 0.05) is 26.4 Å². The molecular formula is C23H53NO4Si2. The van der Waals surface area contributed by atoms with Crippen LogP contribution in [-0.4, -0.2) is 66.3 Å². The van der Waals surface area contributed by atoms with Gasteiger partial charge in [0.1, 0.15) is 0 Å². The van der Waals surface area contributed by atoms with Crippen LogP contribution in [0.5, 0.6) is 0 Å². The standard InChI is InChI=1S/C23H53NO4Si2/c1-10-17-24(22(15-6)29(8,25-18-11-2)26-19-12-3)23(16-7)30(9,27-20-13-4)28-21-14-5/h22-23H,10-21H2,1-9H3. The van der Waals surface area contributed by atoms with Gasteiger partial charge in [-0.3, -0.25) is 4.90 Å². The molecule has 0 saturated heterocycles. The van der Waals surface area contributed by atoms with Crippen LogP contribution in [0.2, 0.25) is 13.1 Å². The third-order valence-electron chi connectivity index (χ3n) is 5.64. The lowest BCUT2D eigenvalue weighted by Gasteiger charge is -2.48. The van der Waals surface area contributed by atoms with Gasteiger partial charge in [-0.15, -0.1) is 0 Å². The highest BCUT2D eigenvalue weighted by Gasteiger charge is 2.51. The first-order valence-corrected chi connectivity index (χ1v) is 17.4. The monoisotopic (exact) mass is 463 g/mol. The Balaban J connectivity index is 6.08. The van der Waals surface area contributed by atoms with Gasteiger partial charge in [0.2, 0.25) is 0 Å². The van der Waals surface area contributed by atoms with E-state index in [9.17, 15) is 0 Å². The Hall–Kier alpha value is 0.234. The van der Waals surface area contributed by atoms with Gasteiger partial charge in [-0.05, 0) is 64.6 Å². The molecule has 5 nitrogen and oxygen atoms in total. The van der Waals surface area contributed by atoms with Crippen LogP contribution in [0.25, 0.3) is 0 Å². The van der Waals surface area contributed by atoms with Crippen LogP contribution in [0.1, 0.15) is 93.4 Å². The Bertz CT molecular complexity index is 365. The highest BCUT2D eigenvalue weighted by Crippen LogP contribution is 2.30. The van der Waals surface area contributed by atoms with Crippen molar-refractivity contribution >= 4 is 17.1 Å². The maximum Gasteiger partial charge on any atom is 0.352 e. The average molecular weight is 464 g/mol. The summed E-state index contributed by atoms with van der Waals surface area (Å²) in [5, 5.41) is 0. The quantitative estimate of drug-likeness (QED) is 0.201. The molecule has 0 spiro atoms. The largest absolute Gasteiger partial charge is 0.393 e. The summed E-state index contributed by atoms with van der Waals surface area (Å²) >= 11 is 0. The van der Waals surface area contributed by atoms with Gasteiger partial charge in [0.25, 0.3) is 0 Å². The van der Waals surface area contributed by atoms with Gasteiger partial charge in [-0.1, -0.05) is 48.5 Å². The molecule has 0 aliphatic heterocycles. The third kappa shape index (κ3) is 9.39. The van der Waals surface area contributed by atoms with Crippen LogP contribution >= 0.6 is 0 Å². The molecule has 0 rings (SSSR count). The zero-order chi connectivity index (χ0) is 23.0. The van der Waals surface area contributed by atoms with Crippen molar-refractivity contribution in [3.05, 3.63) is 0 Å². The molecule has 7 heteroatoms. The Kier molecular flexibility index (Phi) is 16.9. The van der Waals surface area contributed by atoms with Crippen LogP contribution in [-0.2, 0) is 17.7 Å². The first-order chi connectivity index (χ1) is 14.3. The van der Waals surface area contributed by atoms with Crippen LogP contribution in [0, 0.1) is 0 Å². The van der Waals surface area contributed by atoms with Crippen LogP contribution < -0.4 is 0 Å². The summed E-state index contributed by atoms with van der Waals surface area (Å²) in [6.45, 7) is 24.2. The molecule has 0 amide bonds.